The highest BCUT2D eigenvalue weighted by atomic mass is 16.2. The molecule has 192 valence electrons. The van der Waals surface area contributed by atoms with Crippen LogP contribution in [0.4, 0.5) is 0 Å². The summed E-state index contributed by atoms with van der Waals surface area (Å²) in [6.07, 6.45) is 11.2. The Kier molecular flexibility index (Phi) is 7.83. The zero-order chi connectivity index (χ0) is 25.6. The van der Waals surface area contributed by atoms with E-state index in [1.165, 1.54) is 0 Å². The van der Waals surface area contributed by atoms with Gasteiger partial charge in [-0.2, -0.15) is 0 Å². The second kappa shape index (κ2) is 11.6. The second-order valence-electron chi connectivity index (χ2n) is 10.3. The van der Waals surface area contributed by atoms with Crippen molar-refractivity contribution in [2.24, 2.45) is 0 Å². The number of rotatable bonds is 7. The number of nitrogens with zero attached hydrogens (tertiary/aromatic N) is 2. The van der Waals surface area contributed by atoms with E-state index in [0.29, 0.717) is 19.5 Å². The Labute approximate surface area is 218 Å². The molecule has 6 nitrogen and oxygen atoms in total. The van der Waals surface area contributed by atoms with E-state index in [9.17, 15) is 14.4 Å². The summed E-state index contributed by atoms with van der Waals surface area (Å²) in [6, 6.07) is 19.7. The normalized spacial score (nSPS) is 16.9. The van der Waals surface area contributed by atoms with Gasteiger partial charge in [0, 0.05) is 31.5 Å². The fraction of sp³-hybridized carbons (Fsp3) is 0.387. The lowest BCUT2D eigenvalue weighted by Gasteiger charge is -2.27. The highest BCUT2D eigenvalue weighted by molar-refractivity contribution is 5.99. The molecule has 2 heterocycles. The van der Waals surface area contributed by atoms with Gasteiger partial charge in [0.2, 0.25) is 5.43 Å². The molecular weight excluding hydrogens is 462 g/mol. The zero-order valence-corrected chi connectivity index (χ0v) is 21.3. The van der Waals surface area contributed by atoms with Crippen LogP contribution in [-0.2, 0) is 6.42 Å². The van der Waals surface area contributed by atoms with Crippen LogP contribution in [0.3, 0.4) is 0 Å². The topological polar surface area (TPSA) is 71.4 Å². The quantitative estimate of drug-likeness (QED) is 0.481. The van der Waals surface area contributed by atoms with Gasteiger partial charge < -0.3 is 14.8 Å². The van der Waals surface area contributed by atoms with Gasteiger partial charge in [0.05, 0.1) is 6.04 Å². The van der Waals surface area contributed by atoms with Crippen LogP contribution in [0.5, 0.6) is 0 Å². The van der Waals surface area contributed by atoms with Crippen LogP contribution in [0, 0.1) is 0 Å². The first-order valence-electron chi connectivity index (χ1n) is 13.5. The van der Waals surface area contributed by atoms with Gasteiger partial charge in [0.1, 0.15) is 11.1 Å². The molecule has 37 heavy (non-hydrogen) atoms. The minimum atomic E-state index is -0.478. The summed E-state index contributed by atoms with van der Waals surface area (Å²) in [4.78, 5) is 42.5. The van der Waals surface area contributed by atoms with Gasteiger partial charge >= 0.3 is 0 Å². The van der Waals surface area contributed by atoms with E-state index in [4.69, 9.17) is 0 Å². The number of pyridine rings is 1. The highest BCUT2D eigenvalue weighted by Gasteiger charge is 2.27. The Morgan fingerprint density at radius 2 is 1.43 bits per heavy atom. The molecule has 1 N–H and O–H groups in total. The molecule has 2 fully saturated rings. The average molecular weight is 498 g/mol. The molecule has 1 saturated carbocycles. The average Bonchev–Trinajstić information content (AvgIpc) is 3.49. The van der Waals surface area contributed by atoms with Crippen molar-refractivity contribution in [1.29, 1.82) is 0 Å². The third-order valence-corrected chi connectivity index (χ3v) is 7.70. The molecule has 2 aromatic carbocycles. The van der Waals surface area contributed by atoms with Crippen LogP contribution in [-0.4, -0.2) is 34.4 Å². The Morgan fingerprint density at radius 3 is 2.11 bits per heavy atom. The van der Waals surface area contributed by atoms with Crippen molar-refractivity contribution in [2.75, 3.05) is 13.1 Å². The molecule has 6 heteroatoms. The predicted octanol–water partition coefficient (Wildman–Crippen LogP) is 5.30. The standard InChI is InChI=1S/C31H35N3O3/c35-29-26(30(36)32-28(24-14-6-2-7-15-24)20-23-12-4-1-5-13-23)21-34(25-16-8-9-17-25)22-27(29)31(37)33-18-10-3-11-19-33/h1-2,4-7,12-15,21-22,25,28H,3,8-11,16-20H2,(H,32,36). The summed E-state index contributed by atoms with van der Waals surface area (Å²) in [5, 5.41) is 3.13. The number of likely N-dealkylation sites (tertiary alicyclic amines) is 1. The molecule has 0 bridgehead atoms. The lowest BCUT2D eigenvalue weighted by molar-refractivity contribution is 0.0722. The summed E-state index contributed by atoms with van der Waals surface area (Å²) in [5.74, 6) is -0.690. The maximum absolute atomic E-state index is 13.7. The number of amides is 2. The van der Waals surface area contributed by atoms with E-state index in [1.54, 1.807) is 17.3 Å². The number of piperidine rings is 1. The minimum absolute atomic E-state index is 0.0451. The van der Waals surface area contributed by atoms with Crippen LogP contribution in [0.25, 0.3) is 0 Å². The van der Waals surface area contributed by atoms with E-state index in [1.807, 2.05) is 65.2 Å². The first-order valence-corrected chi connectivity index (χ1v) is 13.5. The first kappa shape index (κ1) is 25.0. The molecule has 1 aliphatic heterocycles. The molecule has 0 radical (unpaired) electrons. The van der Waals surface area contributed by atoms with Crippen molar-refractivity contribution in [2.45, 2.75) is 63.5 Å². The maximum atomic E-state index is 13.7. The van der Waals surface area contributed by atoms with Crippen molar-refractivity contribution < 1.29 is 9.59 Å². The highest BCUT2D eigenvalue weighted by Crippen LogP contribution is 2.30. The molecule has 2 aliphatic rings. The van der Waals surface area contributed by atoms with Gasteiger partial charge in [-0.15, -0.1) is 0 Å². The van der Waals surface area contributed by atoms with Crippen LogP contribution in [0.1, 0.15) is 88.9 Å². The molecule has 1 aromatic heterocycles. The molecule has 1 atom stereocenters. The van der Waals surface area contributed by atoms with E-state index >= 15 is 0 Å². The SMILES string of the molecule is O=C(NC(Cc1ccccc1)c1ccccc1)c1cn(C2CCCC2)cc(C(=O)N2CCCCC2)c1=O. The summed E-state index contributed by atoms with van der Waals surface area (Å²) in [5.41, 5.74) is 1.74. The number of aromatic nitrogens is 1. The van der Waals surface area contributed by atoms with Crippen LogP contribution < -0.4 is 10.7 Å². The number of nitrogens with one attached hydrogen (secondary N) is 1. The number of hydrogen-bond donors (Lipinski definition) is 1. The fourth-order valence-corrected chi connectivity index (χ4v) is 5.62. The fourth-order valence-electron chi connectivity index (χ4n) is 5.62. The number of hydrogen-bond acceptors (Lipinski definition) is 3. The van der Waals surface area contributed by atoms with Gasteiger partial charge in [-0.05, 0) is 49.7 Å². The monoisotopic (exact) mass is 497 g/mol. The molecule has 1 aliphatic carbocycles. The molecule has 1 saturated heterocycles. The largest absolute Gasteiger partial charge is 0.349 e. The lowest BCUT2D eigenvalue weighted by atomic mass is 9.98. The predicted molar refractivity (Wildman–Crippen MR) is 145 cm³/mol. The van der Waals surface area contributed by atoms with E-state index in [0.717, 1.165) is 56.1 Å². The van der Waals surface area contributed by atoms with E-state index in [2.05, 4.69) is 5.32 Å². The van der Waals surface area contributed by atoms with E-state index in [-0.39, 0.29) is 29.1 Å². The van der Waals surface area contributed by atoms with Gasteiger partial charge in [-0.25, -0.2) is 0 Å². The Balaban J connectivity index is 1.49. The number of carbonyl (C=O) groups is 2. The molecule has 1 unspecified atom stereocenters. The van der Waals surface area contributed by atoms with Crippen LogP contribution in [0.2, 0.25) is 0 Å². The Hall–Kier alpha value is -3.67. The van der Waals surface area contributed by atoms with Crippen molar-refractivity contribution in [1.82, 2.24) is 14.8 Å². The van der Waals surface area contributed by atoms with Crippen LogP contribution >= 0.6 is 0 Å². The lowest BCUT2D eigenvalue weighted by Crippen LogP contribution is -2.41. The van der Waals surface area contributed by atoms with Gasteiger partial charge in [-0.3, -0.25) is 14.4 Å². The Bertz CT molecular complexity index is 1270. The maximum Gasteiger partial charge on any atom is 0.259 e. The van der Waals surface area contributed by atoms with Crippen molar-refractivity contribution in [3.63, 3.8) is 0 Å². The number of carbonyl (C=O) groups excluding carboxylic acids is 2. The minimum Gasteiger partial charge on any atom is -0.349 e. The molecule has 5 rings (SSSR count). The number of benzene rings is 2. The van der Waals surface area contributed by atoms with Gasteiger partial charge in [0.25, 0.3) is 11.8 Å². The van der Waals surface area contributed by atoms with Crippen LogP contribution in [0.15, 0.2) is 77.9 Å². The molecule has 2 amide bonds. The van der Waals surface area contributed by atoms with Crippen molar-refractivity contribution >= 4 is 11.8 Å². The third kappa shape index (κ3) is 5.85. The Morgan fingerprint density at radius 1 is 0.811 bits per heavy atom. The zero-order valence-electron chi connectivity index (χ0n) is 21.3. The van der Waals surface area contributed by atoms with Crippen molar-refractivity contribution in [3.05, 3.63) is 106 Å². The third-order valence-electron chi connectivity index (χ3n) is 7.70. The molecule has 3 aromatic rings. The molecule has 0 spiro atoms. The first-order chi connectivity index (χ1) is 18.1. The van der Waals surface area contributed by atoms with Crippen molar-refractivity contribution in [3.8, 4) is 0 Å². The second-order valence-corrected chi connectivity index (χ2v) is 10.3. The smallest absolute Gasteiger partial charge is 0.259 e. The van der Waals surface area contributed by atoms with E-state index < -0.39 is 11.3 Å². The molecular formula is C31H35N3O3. The summed E-state index contributed by atoms with van der Waals surface area (Å²) >= 11 is 0. The summed E-state index contributed by atoms with van der Waals surface area (Å²) in [7, 11) is 0. The summed E-state index contributed by atoms with van der Waals surface area (Å²) < 4.78 is 1.95. The van der Waals surface area contributed by atoms with Gasteiger partial charge in [0.15, 0.2) is 0 Å². The van der Waals surface area contributed by atoms with Gasteiger partial charge in [-0.1, -0.05) is 73.5 Å². The summed E-state index contributed by atoms with van der Waals surface area (Å²) in [6.45, 7) is 1.32.